The summed E-state index contributed by atoms with van der Waals surface area (Å²) in [5.74, 6) is 0.349. The van der Waals surface area contributed by atoms with Gasteiger partial charge in [-0.1, -0.05) is 13.8 Å². The van der Waals surface area contributed by atoms with Crippen molar-refractivity contribution in [2.75, 3.05) is 0 Å². The molecule has 0 saturated heterocycles. The lowest BCUT2D eigenvalue weighted by Gasteiger charge is -2.08. The van der Waals surface area contributed by atoms with Gasteiger partial charge < -0.3 is 4.57 Å². The van der Waals surface area contributed by atoms with Crippen molar-refractivity contribution in [2.24, 2.45) is 7.05 Å². The molecular formula is C8H12N2O. The molecule has 11 heavy (non-hydrogen) atoms. The highest BCUT2D eigenvalue weighted by Gasteiger charge is 2.02. The van der Waals surface area contributed by atoms with Gasteiger partial charge in [-0.05, 0) is 5.92 Å². The summed E-state index contributed by atoms with van der Waals surface area (Å²) < 4.78 is 1.62. The van der Waals surface area contributed by atoms with E-state index in [0.717, 1.165) is 5.69 Å². The Labute approximate surface area is 65.7 Å². The van der Waals surface area contributed by atoms with E-state index in [0.29, 0.717) is 5.92 Å². The first-order chi connectivity index (χ1) is 5.13. The smallest absolute Gasteiger partial charge is 0.268 e. The van der Waals surface area contributed by atoms with E-state index in [1.807, 2.05) is 13.8 Å². The molecule has 0 amide bonds. The van der Waals surface area contributed by atoms with Gasteiger partial charge in [0.05, 0.1) is 6.20 Å². The van der Waals surface area contributed by atoms with Crippen LogP contribution in [0.3, 0.4) is 0 Å². The maximum atomic E-state index is 11.0. The van der Waals surface area contributed by atoms with Crippen molar-refractivity contribution in [3.63, 3.8) is 0 Å². The maximum Gasteiger partial charge on any atom is 0.268 e. The van der Waals surface area contributed by atoms with Crippen LogP contribution in [0.1, 0.15) is 25.5 Å². The van der Waals surface area contributed by atoms with Crippen LogP contribution in [0.25, 0.3) is 0 Å². The third kappa shape index (κ3) is 1.48. The van der Waals surface area contributed by atoms with E-state index >= 15 is 0 Å². The van der Waals surface area contributed by atoms with Crippen LogP contribution in [0.15, 0.2) is 17.2 Å². The van der Waals surface area contributed by atoms with Crippen LogP contribution in [0.5, 0.6) is 0 Å². The molecule has 1 rings (SSSR count). The van der Waals surface area contributed by atoms with Crippen molar-refractivity contribution in [1.29, 1.82) is 0 Å². The molecule has 1 aromatic heterocycles. The quantitative estimate of drug-likeness (QED) is 0.599. The number of hydrogen-bond donors (Lipinski definition) is 0. The Kier molecular flexibility index (Phi) is 2.08. The van der Waals surface area contributed by atoms with E-state index in [2.05, 4.69) is 4.98 Å². The fourth-order valence-corrected chi connectivity index (χ4v) is 1.01. The van der Waals surface area contributed by atoms with Crippen molar-refractivity contribution in [3.05, 3.63) is 28.4 Å². The van der Waals surface area contributed by atoms with Crippen LogP contribution < -0.4 is 5.56 Å². The number of hydrogen-bond acceptors (Lipinski definition) is 2. The minimum atomic E-state index is -0.0452. The highest BCUT2D eigenvalue weighted by atomic mass is 16.1. The monoisotopic (exact) mass is 152 g/mol. The molecule has 0 aliphatic carbocycles. The minimum Gasteiger partial charge on any atom is -0.313 e. The highest BCUT2D eigenvalue weighted by Crippen LogP contribution is 2.08. The fourth-order valence-electron chi connectivity index (χ4n) is 1.01. The first kappa shape index (κ1) is 7.98. The summed E-state index contributed by atoms with van der Waals surface area (Å²) in [7, 11) is 1.76. The lowest BCUT2D eigenvalue weighted by atomic mass is 10.1. The molecule has 0 N–H and O–H groups in total. The Morgan fingerprint density at radius 3 is 2.55 bits per heavy atom. The number of rotatable bonds is 1. The standard InChI is InChI=1S/C8H12N2O/c1-6(2)7-4-9-5-8(11)10(7)3/h4-6H,1-3H3. The molecule has 0 atom stereocenters. The predicted octanol–water partition coefficient (Wildman–Crippen LogP) is 0.904. The molecule has 1 aromatic rings. The third-order valence-electron chi connectivity index (χ3n) is 1.70. The first-order valence-corrected chi connectivity index (χ1v) is 3.64. The van der Waals surface area contributed by atoms with Crippen molar-refractivity contribution in [2.45, 2.75) is 19.8 Å². The molecule has 0 aromatic carbocycles. The molecule has 60 valence electrons. The van der Waals surface area contributed by atoms with Crippen LogP contribution in [0.2, 0.25) is 0 Å². The van der Waals surface area contributed by atoms with Gasteiger partial charge in [-0.15, -0.1) is 0 Å². The largest absolute Gasteiger partial charge is 0.313 e. The molecule has 3 heteroatoms. The molecule has 3 nitrogen and oxygen atoms in total. The molecule has 0 radical (unpaired) electrons. The van der Waals surface area contributed by atoms with Crippen molar-refractivity contribution >= 4 is 0 Å². The Morgan fingerprint density at radius 2 is 2.09 bits per heavy atom. The number of nitrogens with zero attached hydrogens (tertiary/aromatic N) is 2. The topological polar surface area (TPSA) is 34.9 Å². The Bertz CT molecular complexity index is 301. The van der Waals surface area contributed by atoms with Crippen LogP contribution in [-0.4, -0.2) is 9.55 Å². The molecule has 0 fully saturated rings. The van der Waals surface area contributed by atoms with Crippen LogP contribution >= 0.6 is 0 Å². The second-order valence-corrected chi connectivity index (χ2v) is 2.88. The summed E-state index contributed by atoms with van der Waals surface area (Å²) in [6.07, 6.45) is 3.05. The minimum absolute atomic E-state index is 0.0452. The van der Waals surface area contributed by atoms with E-state index < -0.39 is 0 Å². The van der Waals surface area contributed by atoms with Crippen molar-refractivity contribution < 1.29 is 0 Å². The molecule has 0 aliphatic rings. The fraction of sp³-hybridized carbons (Fsp3) is 0.500. The van der Waals surface area contributed by atoms with Gasteiger partial charge in [0, 0.05) is 18.9 Å². The molecular weight excluding hydrogens is 140 g/mol. The lowest BCUT2D eigenvalue weighted by molar-refractivity contribution is 0.694. The lowest BCUT2D eigenvalue weighted by Crippen LogP contribution is -2.20. The summed E-state index contributed by atoms with van der Waals surface area (Å²) in [5.41, 5.74) is 0.925. The normalized spacial score (nSPS) is 10.5. The molecule has 0 bridgehead atoms. The van der Waals surface area contributed by atoms with Gasteiger partial charge in [-0.2, -0.15) is 0 Å². The summed E-state index contributed by atoms with van der Waals surface area (Å²) in [4.78, 5) is 14.9. The highest BCUT2D eigenvalue weighted by molar-refractivity contribution is 5.02. The zero-order valence-corrected chi connectivity index (χ0v) is 7.03. The molecule has 0 unspecified atom stereocenters. The molecule has 0 aliphatic heterocycles. The second kappa shape index (κ2) is 2.86. The van der Waals surface area contributed by atoms with Gasteiger partial charge in [-0.3, -0.25) is 9.78 Å². The maximum absolute atomic E-state index is 11.0. The van der Waals surface area contributed by atoms with Crippen LogP contribution in [0, 0.1) is 0 Å². The zero-order chi connectivity index (χ0) is 8.43. The average Bonchev–Trinajstić information content (AvgIpc) is 1.94. The van der Waals surface area contributed by atoms with Gasteiger partial charge in [-0.25, -0.2) is 0 Å². The predicted molar refractivity (Wildman–Crippen MR) is 43.6 cm³/mol. The van der Waals surface area contributed by atoms with Gasteiger partial charge in [0.15, 0.2) is 0 Å². The molecule has 0 spiro atoms. The van der Waals surface area contributed by atoms with E-state index in [1.165, 1.54) is 6.20 Å². The molecule has 0 saturated carbocycles. The number of aromatic nitrogens is 2. The van der Waals surface area contributed by atoms with Gasteiger partial charge in [0.2, 0.25) is 0 Å². The van der Waals surface area contributed by atoms with Gasteiger partial charge in [0.25, 0.3) is 5.56 Å². The summed E-state index contributed by atoms with van der Waals surface area (Å²) in [6.45, 7) is 4.08. The SMILES string of the molecule is CC(C)c1cncc(=O)n1C. The molecule has 1 heterocycles. The Balaban J connectivity index is 3.28. The van der Waals surface area contributed by atoms with E-state index in [1.54, 1.807) is 17.8 Å². The van der Waals surface area contributed by atoms with Crippen molar-refractivity contribution in [1.82, 2.24) is 9.55 Å². The second-order valence-electron chi connectivity index (χ2n) is 2.88. The first-order valence-electron chi connectivity index (χ1n) is 3.64. The van der Waals surface area contributed by atoms with E-state index in [-0.39, 0.29) is 5.56 Å². The van der Waals surface area contributed by atoms with Crippen LogP contribution in [0.4, 0.5) is 0 Å². The van der Waals surface area contributed by atoms with Gasteiger partial charge in [0.1, 0.15) is 0 Å². The van der Waals surface area contributed by atoms with Gasteiger partial charge >= 0.3 is 0 Å². The third-order valence-corrected chi connectivity index (χ3v) is 1.70. The Hall–Kier alpha value is -1.12. The van der Waals surface area contributed by atoms with Crippen molar-refractivity contribution in [3.8, 4) is 0 Å². The average molecular weight is 152 g/mol. The zero-order valence-electron chi connectivity index (χ0n) is 7.03. The van der Waals surface area contributed by atoms with E-state index in [9.17, 15) is 4.79 Å². The Morgan fingerprint density at radius 1 is 1.45 bits per heavy atom. The summed E-state index contributed by atoms with van der Waals surface area (Å²) >= 11 is 0. The summed E-state index contributed by atoms with van der Waals surface area (Å²) in [5, 5.41) is 0. The summed E-state index contributed by atoms with van der Waals surface area (Å²) in [6, 6.07) is 0. The van der Waals surface area contributed by atoms with Crippen LogP contribution in [-0.2, 0) is 7.05 Å². The van der Waals surface area contributed by atoms with E-state index in [4.69, 9.17) is 0 Å².